The van der Waals surface area contributed by atoms with Crippen LogP contribution < -0.4 is 4.72 Å². The summed E-state index contributed by atoms with van der Waals surface area (Å²) < 4.78 is 26.9. The van der Waals surface area contributed by atoms with Crippen molar-refractivity contribution in [2.45, 2.75) is 4.21 Å². The minimum atomic E-state index is -3.59. The largest absolute Gasteiger partial charge is 0.345 e. The van der Waals surface area contributed by atoms with E-state index in [1.807, 2.05) is 0 Å². The van der Waals surface area contributed by atoms with E-state index in [4.69, 9.17) is 11.6 Å². The lowest BCUT2D eigenvalue weighted by Gasteiger charge is -2.09. The van der Waals surface area contributed by atoms with E-state index in [0.717, 1.165) is 11.3 Å². The van der Waals surface area contributed by atoms with Gasteiger partial charge in [-0.3, -0.25) is 4.79 Å². The first-order valence-corrected chi connectivity index (χ1v) is 9.53. The smallest absolute Gasteiger partial charge is 0.253 e. The van der Waals surface area contributed by atoms with Crippen LogP contribution in [0.1, 0.15) is 15.9 Å². The molecule has 0 unspecified atom stereocenters. The average molecular weight is 383 g/mol. The van der Waals surface area contributed by atoms with Crippen LogP contribution in [-0.2, 0) is 10.0 Å². The molecule has 1 heterocycles. The van der Waals surface area contributed by atoms with Gasteiger partial charge in [-0.25, -0.2) is 8.42 Å². The van der Waals surface area contributed by atoms with Crippen LogP contribution in [0.4, 0.5) is 0 Å². The second kappa shape index (κ2) is 7.81. The van der Waals surface area contributed by atoms with Crippen molar-refractivity contribution in [1.29, 1.82) is 0 Å². The maximum absolute atomic E-state index is 12.0. The molecule has 1 amide bonds. The monoisotopic (exact) mass is 382 g/mol. The normalized spacial score (nSPS) is 10.8. The number of hydrogen-bond donors (Lipinski definition) is 1. The van der Waals surface area contributed by atoms with Gasteiger partial charge in [0, 0.05) is 25.2 Å². The van der Waals surface area contributed by atoms with Crippen LogP contribution in [0, 0.1) is 11.8 Å². The van der Waals surface area contributed by atoms with Crippen molar-refractivity contribution in [3.8, 4) is 11.8 Å². The molecule has 0 spiro atoms. The lowest BCUT2D eigenvalue weighted by atomic mass is 10.1. The molecule has 2 aromatic rings. The first-order valence-electron chi connectivity index (χ1n) is 6.85. The summed E-state index contributed by atoms with van der Waals surface area (Å²) in [6.45, 7) is -0.0176. The molecular formula is C16H15ClN2O3S2. The number of nitrogens with one attached hydrogen (secondary N) is 1. The van der Waals surface area contributed by atoms with Crippen LogP contribution in [0.15, 0.2) is 40.6 Å². The number of amides is 1. The van der Waals surface area contributed by atoms with Crippen molar-refractivity contribution in [2.75, 3.05) is 20.6 Å². The number of hydrogen-bond acceptors (Lipinski definition) is 4. The molecule has 24 heavy (non-hydrogen) atoms. The van der Waals surface area contributed by atoms with Gasteiger partial charge in [-0.15, -0.1) is 11.3 Å². The molecule has 1 aromatic heterocycles. The fourth-order valence-corrected chi connectivity index (χ4v) is 4.20. The zero-order valence-corrected chi connectivity index (χ0v) is 15.4. The number of rotatable bonds is 4. The predicted molar refractivity (Wildman–Crippen MR) is 95.9 cm³/mol. The van der Waals surface area contributed by atoms with Crippen LogP contribution in [0.3, 0.4) is 0 Å². The molecule has 2 rings (SSSR count). The zero-order valence-electron chi connectivity index (χ0n) is 13.0. The highest BCUT2D eigenvalue weighted by molar-refractivity contribution is 7.91. The Balaban J connectivity index is 1.97. The minimum absolute atomic E-state index is 0.0176. The van der Waals surface area contributed by atoms with Crippen molar-refractivity contribution in [3.63, 3.8) is 0 Å². The highest BCUT2D eigenvalue weighted by Crippen LogP contribution is 2.25. The molecule has 0 radical (unpaired) electrons. The van der Waals surface area contributed by atoms with Crippen LogP contribution in [0.25, 0.3) is 0 Å². The molecule has 1 N–H and O–H groups in total. The summed E-state index contributed by atoms with van der Waals surface area (Å²) in [5.41, 5.74) is 1.27. The molecule has 0 aliphatic rings. The van der Waals surface area contributed by atoms with Crippen molar-refractivity contribution < 1.29 is 13.2 Å². The third-order valence-corrected chi connectivity index (χ3v) is 6.06. The van der Waals surface area contributed by atoms with Crippen molar-refractivity contribution >= 4 is 38.9 Å². The molecule has 5 nitrogen and oxygen atoms in total. The first kappa shape index (κ1) is 18.5. The Labute approximate surface area is 150 Å². The summed E-state index contributed by atoms with van der Waals surface area (Å²) in [5, 5.41) is 0. The van der Waals surface area contributed by atoms with Gasteiger partial charge < -0.3 is 4.90 Å². The zero-order chi connectivity index (χ0) is 17.7. The summed E-state index contributed by atoms with van der Waals surface area (Å²) in [5.74, 6) is 5.50. The number of nitrogens with zero attached hydrogens (tertiary/aromatic N) is 1. The van der Waals surface area contributed by atoms with Gasteiger partial charge >= 0.3 is 0 Å². The molecule has 8 heteroatoms. The summed E-state index contributed by atoms with van der Waals surface area (Å²) in [4.78, 5) is 13.3. The molecule has 1 aromatic carbocycles. The van der Waals surface area contributed by atoms with E-state index < -0.39 is 10.0 Å². The van der Waals surface area contributed by atoms with E-state index in [-0.39, 0.29) is 16.7 Å². The summed E-state index contributed by atoms with van der Waals surface area (Å²) in [6.07, 6.45) is 0. The lowest BCUT2D eigenvalue weighted by molar-refractivity contribution is 0.0827. The van der Waals surface area contributed by atoms with E-state index in [0.29, 0.717) is 15.5 Å². The van der Waals surface area contributed by atoms with E-state index in [9.17, 15) is 13.2 Å². The minimum Gasteiger partial charge on any atom is -0.345 e. The maximum Gasteiger partial charge on any atom is 0.253 e. The molecular weight excluding hydrogens is 368 g/mol. The second-order valence-corrected chi connectivity index (χ2v) is 8.67. The SMILES string of the molecule is CN(C)C(=O)c1ccc(C#CCNS(=O)(=O)c2ccc(Cl)s2)cc1. The Kier molecular flexibility index (Phi) is 6.02. The number of halogens is 1. The van der Waals surface area contributed by atoms with Crippen molar-refractivity contribution in [1.82, 2.24) is 9.62 Å². The number of thiophene rings is 1. The van der Waals surface area contributed by atoms with Gasteiger partial charge in [0.1, 0.15) is 4.21 Å². The first-order chi connectivity index (χ1) is 11.3. The Bertz CT molecular complexity index is 891. The lowest BCUT2D eigenvalue weighted by Crippen LogP contribution is -2.23. The van der Waals surface area contributed by atoms with E-state index in [2.05, 4.69) is 16.6 Å². The fraction of sp³-hybridized carbons (Fsp3) is 0.188. The molecule has 0 aliphatic heterocycles. The summed E-state index contributed by atoms with van der Waals surface area (Å²) in [7, 11) is -0.223. The topological polar surface area (TPSA) is 66.5 Å². The summed E-state index contributed by atoms with van der Waals surface area (Å²) in [6, 6.07) is 9.79. The van der Waals surface area contributed by atoms with Crippen LogP contribution >= 0.6 is 22.9 Å². The van der Waals surface area contributed by atoms with Gasteiger partial charge in [0.15, 0.2) is 0 Å². The molecule has 0 bridgehead atoms. The van der Waals surface area contributed by atoms with Crippen LogP contribution in [-0.4, -0.2) is 39.9 Å². The third kappa shape index (κ3) is 4.82. The highest BCUT2D eigenvalue weighted by Gasteiger charge is 2.15. The van der Waals surface area contributed by atoms with Crippen LogP contribution in [0.5, 0.6) is 0 Å². The second-order valence-electron chi connectivity index (χ2n) is 4.96. The van der Waals surface area contributed by atoms with E-state index in [1.165, 1.54) is 17.0 Å². The van der Waals surface area contributed by atoms with Crippen LogP contribution in [0.2, 0.25) is 4.34 Å². The third-order valence-electron chi connectivity index (χ3n) is 2.93. The molecule has 126 valence electrons. The Hall–Kier alpha value is -1.85. The van der Waals surface area contributed by atoms with Gasteiger partial charge in [0.2, 0.25) is 0 Å². The Morgan fingerprint density at radius 2 is 1.88 bits per heavy atom. The summed E-state index contributed by atoms with van der Waals surface area (Å²) >= 11 is 6.72. The van der Waals surface area contributed by atoms with Gasteiger partial charge in [-0.2, -0.15) is 4.72 Å². The average Bonchev–Trinajstić information content (AvgIpc) is 2.99. The Morgan fingerprint density at radius 3 is 2.42 bits per heavy atom. The van der Waals surface area contributed by atoms with E-state index in [1.54, 1.807) is 38.4 Å². The van der Waals surface area contributed by atoms with Gasteiger partial charge in [0.05, 0.1) is 10.9 Å². The van der Waals surface area contributed by atoms with Crippen molar-refractivity contribution in [3.05, 3.63) is 51.9 Å². The molecule has 0 fully saturated rings. The molecule has 0 aliphatic carbocycles. The molecule has 0 atom stereocenters. The number of carbonyl (C=O) groups excluding carboxylic acids is 1. The number of carbonyl (C=O) groups is 1. The standard InChI is InChI=1S/C16H15ClN2O3S2/c1-19(2)16(20)13-7-5-12(6-8-13)4-3-11-18-24(21,22)15-10-9-14(17)23-15/h5-10,18H,11H2,1-2H3. The molecule has 0 saturated carbocycles. The molecule has 0 saturated heterocycles. The van der Waals surface area contributed by atoms with E-state index >= 15 is 0 Å². The Morgan fingerprint density at radius 1 is 1.21 bits per heavy atom. The van der Waals surface area contributed by atoms with Gasteiger partial charge in [-0.1, -0.05) is 23.4 Å². The highest BCUT2D eigenvalue weighted by atomic mass is 35.5. The van der Waals surface area contributed by atoms with Gasteiger partial charge in [0.25, 0.3) is 15.9 Å². The maximum atomic E-state index is 12.0. The fourth-order valence-electron chi connectivity index (χ4n) is 1.74. The number of benzene rings is 1. The number of sulfonamides is 1. The van der Waals surface area contributed by atoms with Gasteiger partial charge in [-0.05, 0) is 36.4 Å². The predicted octanol–water partition coefficient (Wildman–Crippen LogP) is 2.43. The van der Waals surface area contributed by atoms with Crippen molar-refractivity contribution in [2.24, 2.45) is 0 Å². The quantitative estimate of drug-likeness (QED) is 0.826.